The number of amides is 1. The van der Waals surface area contributed by atoms with E-state index in [1.807, 2.05) is 48.5 Å². The standard InChI is InChI=1S/C33H38ClN3O6S/c1-22(38)43-31-32(23-6-10-26(40-2)11-7-23)44-30-20-24(34)8-12-27(30)37(33(31)39)15-5-14-35-16-18-36(19-17-35)25-9-13-28(41-3)29(21-25)42-4/h6-13,20-21,31-32H,5,14-19H2,1-4H3/t31-,32+/m1/s1. The number of halogens is 1. The highest BCUT2D eigenvalue weighted by atomic mass is 35.5. The Hall–Kier alpha value is -3.60. The summed E-state index contributed by atoms with van der Waals surface area (Å²) in [6.07, 6.45) is -0.239. The highest BCUT2D eigenvalue weighted by Crippen LogP contribution is 2.47. The number of carbonyl (C=O) groups excluding carboxylic acids is 2. The summed E-state index contributed by atoms with van der Waals surface area (Å²) < 4.78 is 21.9. The van der Waals surface area contributed by atoms with E-state index in [2.05, 4.69) is 15.9 Å². The molecule has 2 aliphatic rings. The Balaban J connectivity index is 1.28. The lowest BCUT2D eigenvalue weighted by Crippen LogP contribution is -2.47. The van der Waals surface area contributed by atoms with Crippen molar-refractivity contribution in [3.05, 3.63) is 71.2 Å². The zero-order valence-electron chi connectivity index (χ0n) is 25.5. The molecule has 0 spiro atoms. The number of hydrogen-bond acceptors (Lipinski definition) is 9. The van der Waals surface area contributed by atoms with Crippen molar-refractivity contribution in [1.82, 2.24) is 4.90 Å². The molecule has 1 fully saturated rings. The van der Waals surface area contributed by atoms with Crippen molar-refractivity contribution in [1.29, 1.82) is 0 Å². The number of ether oxygens (including phenoxy) is 4. The second-order valence-corrected chi connectivity index (χ2v) is 12.3. The normalized spacial score (nSPS) is 18.8. The van der Waals surface area contributed by atoms with Crippen molar-refractivity contribution < 1.29 is 28.5 Å². The van der Waals surface area contributed by atoms with Gasteiger partial charge in [0.15, 0.2) is 17.6 Å². The van der Waals surface area contributed by atoms with E-state index in [9.17, 15) is 9.59 Å². The number of fused-ring (bicyclic) bond motifs is 1. The Bertz CT molecular complexity index is 1460. The van der Waals surface area contributed by atoms with Gasteiger partial charge >= 0.3 is 5.97 Å². The minimum Gasteiger partial charge on any atom is -0.497 e. The van der Waals surface area contributed by atoms with Crippen LogP contribution in [0, 0.1) is 0 Å². The molecule has 9 nitrogen and oxygen atoms in total. The Morgan fingerprint density at radius 3 is 2.27 bits per heavy atom. The monoisotopic (exact) mass is 639 g/mol. The summed E-state index contributed by atoms with van der Waals surface area (Å²) in [6, 6.07) is 19.1. The van der Waals surface area contributed by atoms with E-state index < -0.39 is 17.3 Å². The summed E-state index contributed by atoms with van der Waals surface area (Å²) in [7, 11) is 4.89. The zero-order chi connectivity index (χ0) is 31.2. The van der Waals surface area contributed by atoms with Crippen molar-refractivity contribution >= 4 is 46.6 Å². The van der Waals surface area contributed by atoms with E-state index in [0.29, 0.717) is 23.1 Å². The van der Waals surface area contributed by atoms with Crippen molar-refractivity contribution in [3.8, 4) is 17.2 Å². The molecule has 3 aromatic carbocycles. The van der Waals surface area contributed by atoms with Crippen LogP contribution in [0.5, 0.6) is 17.2 Å². The van der Waals surface area contributed by atoms with E-state index in [0.717, 1.165) is 66.7 Å². The molecule has 3 aromatic rings. The lowest BCUT2D eigenvalue weighted by Gasteiger charge is -2.36. The molecule has 234 valence electrons. The van der Waals surface area contributed by atoms with Crippen LogP contribution >= 0.6 is 23.4 Å². The van der Waals surface area contributed by atoms with Gasteiger partial charge in [-0.15, -0.1) is 11.8 Å². The third kappa shape index (κ3) is 7.20. The topological polar surface area (TPSA) is 80.8 Å². The fourth-order valence-corrected chi connectivity index (χ4v) is 7.26. The average molecular weight is 640 g/mol. The quantitative estimate of drug-likeness (QED) is 0.260. The zero-order valence-corrected chi connectivity index (χ0v) is 27.0. The van der Waals surface area contributed by atoms with Crippen LogP contribution in [0.1, 0.15) is 24.2 Å². The van der Waals surface area contributed by atoms with Gasteiger partial charge in [0.25, 0.3) is 5.91 Å². The molecular weight excluding hydrogens is 602 g/mol. The number of anilines is 2. The first kappa shape index (κ1) is 31.8. The lowest BCUT2D eigenvalue weighted by molar-refractivity contribution is -0.152. The molecule has 1 amide bonds. The van der Waals surface area contributed by atoms with Gasteiger partial charge in [0.2, 0.25) is 0 Å². The summed E-state index contributed by atoms with van der Waals surface area (Å²) in [5, 5.41) is 0.125. The predicted octanol–water partition coefficient (Wildman–Crippen LogP) is 5.69. The fourth-order valence-electron chi connectivity index (χ4n) is 5.67. The van der Waals surface area contributed by atoms with E-state index >= 15 is 0 Å². The maximum Gasteiger partial charge on any atom is 0.303 e. The van der Waals surface area contributed by atoms with Crippen molar-refractivity contribution in [2.45, 2.75) is 29.6 Å². The Morgan fingerprint density at radius 1 is 0.886 bits per heavy atom. The fraction of sp³-hybridized carbons (Fsp3) is 0.394. The van der Waals surface area contributed by atoms with Gasteiger partial charge in [-0.2, -0.15) is 0 Å². The Kier molecular flexibility index (Phi) is 10.5. The van der Waals surface area contributed by atoms with E-state index in [1.54, 1.807) is 32.3 Å². The summed E-state index contributed by atoms with van der Waals surface area (Å²) in [4.78, 5) is 33.8. The highest BCUT2D eigenvalue weighted by molar-refractivity contribution is 7.99. The number of nitrogens with zero attached hydrogens (tertiary/aromatic N) is 3. The van der Waals surface area contributed by atoms with Gasteiger partial charge in [0, 0.05) is 61.3 Å². The molecule has 5 rings (SSSR count). The molecule has 0 unspecified atom stereocenters. The van der Waals surface area contributed by atoms with Gasteiger partial charge in [-0.1, -0.05) is 23.7 Å². The molecule has 0 radical (unpaired) electrons. The van der Waals surface area contributed by atoms with Crippen LogP contribution in [0.15, 0.2) is 65.6 Å². The molecule has 0 aromatic heterocycles. The third-order valence-electron chi connectivity index (χ3n) is 7.95. The Morgan fingerprint density at radius 2 is 1.61 bits per heavy atom. The number of esters is 1. The maximum absolute atomic E-state index is 14.2. The van der Waals surface area contributed by atoms with Gasteiger partial charge in [-0.05, 0) is 61.0 Å². The second kappa shape index (κ2) is 14.5. The number of hydrogen-bond donors (Lipinski definition) is 0. The Labute approximate surface area is 267 Å². The summed E-state index contributed by atoms with van der Waals surface area (Å²) in [5.41, 5.74) is 2.74. The van der Waals surface area contributed by atoms with Gasteiger partial charge in [0.1, 0.15) is 5.75 Å². The molecule has 2 aliphatic heterocycles. The third-order valence-corrected chi connectivity index (χ3v) is 9.54. The van der Waals surface area contributed by atoms with Crippen LogP contribution in [-0.2, 0) is 14.3 Å². The SMILES string of the molecule is COc1ccc([C@@H]2Sc3cc(Cl)ccc3N(CCCN3CCN(c4ccc(OC)c(OC)c4)CC3)C(=O)[C@@H]2OC(C)=O)cc1. The van der Waals surface area contributed by atoms with Crippen LogP contribution in [0.25, 0.3) is 0 Å². The largest absolute Gasteiger partial charge is 0.497 e. The summed E-state index contributed by atoms with van der Waals surface area (Å²) in [5.74, 6) is 1.39. The highest BCUT2D eigenvalue weighted by Gasteiger charge is 2.41. The number of carbonyl (C=O) groups is 2. The molecule has 0 bridgehead atoms. The average Bonchev–Trinajstić information content (AvgIpc) is 3.14. The minimum absolute atomic E-state index is 0.243. The predicted molar refractivity (Wildman–Crippen MR) is 174 cm³/mol. The van der Waals surface area contributed by atoms with Gasteiger partial charge in [-0.3, -0.25) is 14.5 Å². The molecule has 0 N–H and O–H groups in total. The number of benzene rings is 3. The number of piperazine rings is 1. The first-order valence-electron chi connectivity index (χ1n) is 14.6. The molecule has 2 atom stereocenters. The molecular formula is C33H38ClN3O6S. The molecule has 11 heteroatoms. The van der Waals surface area contributed by atoms with Crippen LogP contribution in [-0.4, -0.2) is 83.5 Å². The van der Waals surface area contributed by atoms with Crippen LogP contribution in [0.4, 0.5) is 11.4 Å². The first-order chi connectivity index (χ1) is 21.3. The maximum atomic E-state index is 14.2. The van der Waals surface area contributed by atoms with Crippen molar-refractivity contribution in [3.63, 3.8) is 0 Å². The lowest BCUT2D eigenvalue weighted by atomic mass is 10.1. The first-order valence-corrected chi connectivity index (χ1v) is 15.8. The smallest absolute Gasteiger partial charge is 0.303 e. The summed E-state index contributed by atoms with van der Waals surface area (Å²) in [6.45, 7) is 6.23. The van der Waals surface area contributed by atoms with Gasteiger partial charge in [-0.25, -0.2) is 0 Å². The van der Waals surface area contributed by atoms with E-state index in [4.69, 9.17) is 30.5 Å². The second-order valence-electron chi connectivity index (χ2n) is 10.7. The number of rotatable bonds is 10. The molecule has 44 heavy (non-hydrogen) atoms. The molecule has 1 saturated heterocycles. The molecule has 2 heterocycles. The van der Waals surface area contributed by atoms with Crippen LogP contribution in [0.3, 0.4) is 0 Å². The van der Waals surface area contributed by atoms with Crippen molar-refractivity contribution in [2.75, 3.05) is 70.4 Å². The van der Waals surface area contributed by atoms with Crippen LogP contribution in [0.2, 0.25) is 5.02 Å². The van der Waals surface area contributed by atoms with Crippen molar-refractivity contribution in [2.24, 2.45) is 0 Å². The van der Waals surface area contributed by atoms with E-state index in [-0.39, 0.29) is 5.91 Å². The van der Waals surface area contributed by atoms with Gasteiger partial charge < -0.3 is 28.7 Å². The summed E-state index contributed by atoms with van der Waals surface area (Å²) >= 11 is 7.90. The van der Waals surface area contributed by atoms with Gasteiger partial charge in [0.05, 0.1) is 32.3 Å². The number of methoxy groups -OCH3 is 3. The minimum atomic E-state index is -0.998. The molecule has 0 saturated carbocycles. The van der Waals surface area contributed by atoms with Crippen LogP contribution < -0.4 is 24.0 Å². The van der Waals surface area contributed by atoms with E-state index in [1.165, 1.54) is 18.7 Å². The number of thioether (sulfide) groups is 1. The molecule has 0 aliphatic carbocycles.